The first kappa shape index (κ1) is 60.9. The standard InChI is InChI=1S/C31H38N6O5.C27H31ClN6O4.C4H8O/c1-21(2)37-28-26(30(38)35(31(37)39)16-8-18-41-24-11-6-7-17-40-24)36(19-22-9-4-3-5-10-22)27(34-28)25-29(33-15-14-32-25)42-20-23-12-13-23;1-18(2)34-25-22(26(35)32(27(34)36)14-8-16-38-20-11-6-7-15-37-20)33(17-19-9-4-3-5-10-19)24(31-25)21-23(28)30-13-12-29-21;5-3-4-1-2-4/h3-5,9-10,14-15,21,23-24H,6-8,11-13,16-20H2,1-2H3;3-5,9-10,12-13,18,20H,6-8,11,14-17H2,1-2H3;4-5H,1-3H2. The number of aromatic nitrogens is 12. The predicted octanol–water partition coefficient (Wildman–Crippen LogP) is 8.59. The monoisotopic (exact) mass is 1180 g/mol. The van der Waals surface area contributed by atoms with E-state index in [-0.39, 0.29) is 48.5 Å². The molecule has 2 aliphatic carbocycles. The van der Waals surface area contributed by atoms with Gasteiger partial charge in [0.2, 0.25) is 5.88 Å². The Bertz CT molecular complexity index is 3750. The molecule has 8 heterocycles. The van der Waals surface area contributed by atoms with Gasteiger partial charge in [-0.3, -0.25) is 27.9 Å². The van der Waals surface area contributed by atoms with Crippen LogP contribution in [0, 0.1) is 11.8 Å². The van der Waals surface area contributed by atoms with Crippen molar-refractivity contribution in [2.24, 2.45) is 11.8 Å². The van der Waals surface area contributed by atoms with Crippen LogP contribution in [0.15, 0.2) is 105 Å². The largest absolute Gasteiger partial charge is 0.476 e. The number of aliphatic hydroxyl groups excluding tert-OH is 1. The Balaban J connectivity index is 0.000000175. The van der Waals surface area contributed by atoms with Crippen molar-refractivity contribution in [3.05, 3.63) is 143 Å². The van der Waals surface area contributed by atoms with E-state index in [1.807, 2.05) is 92.9 Å². The van der Waals surface area contributed by atoms with Gasteiger partial charge < -0.3 is 37.9 Å². The summed E-state index contributed by atoms with van der Waals surface area (Å²) >= 11 is 6.41. The van der Waals surface area contributed by atoms with E-state index >= 15 is 0 Å². The van der Waals surface area contributed by atoms with E-state index in [4.69, 9.17) is 50.4 Å². The number of hydrogen-bond donors (Lipinski definition) is 1. The Kier molecular flexibility index (Phi) is 20.6. The van der Waals surface area contributed by atoms with Crippen LogP contribution in [-0.2, 0) is 45.1 Å². The number of nitrogens with zero attached hydrogens (tertiary/aromatic N) is 12. The van der Waals surface area contributed by atoms with Gasteiger partial charge in [0.05, 0.1) is 19.8 Å². The lowest BCUT2D eigenvalue weighted by Gasteiger charge is -2.22. The highest BCUT2D eigenvalue weighted by Gasteiger charge is 2.30. The van der Waals surface area contributed by atoms with E-state index in [1.54, 1.807) is 26.1 Å². The lowest BCUT2D eigenvalue weighted by atomic mass is 10.2. The summed E-state index contributed by atoms with van der Waals surface area (Å²) in [6, 6.07) is 19.1. The Morgan fingerprint density at radius 2 is 1.04 bits per heavy atom. The number of rotatable bonds is 22. The molecule has 2 aromatic carbocycles. The fourth-order valence-electron chi connectivity index (χ4n) is 10.4. The third-order valence-electron chi connectivity index (χ3n) is 15.3. The van der Waals surface area contributed by atoms with E-state index in [0.29, 0.717) is 129 Å². The molecule has 2 atom stereocenters. The highest BCUT2D eigenvalue weighted by atomic mass is 35.5. The molecule has 1 N–H and O–H groups in total. The molecular formula is C62H77ClN12O10. The lowest BCUT2D eigenvalue weighted by molar-refractivity contribution is -0.163. The van der Waals surface area contributed by atoms with Crippen LogP contribution in [0.4, 0.5) is 0 Å². The molecule has 0 bridgehead atoms. The number of fused-ring (bicyclic) bond motifs is 2. The average molecular weight is 1190 g/mol. The molecule has 12 rings (SSSR count). The van der Waals surface area contributed by atoms with Crippen molar-refractivity contribution >= 4 is 33.9 Å². The third-order valence-corrected chi connectivity index (χ3v) is 15.6. The van der Waals surface area contributed by atoms with Gasteiger partial charge in [-0.1, -0.05) is 72.3 Å². The van der Waals surface area contributed by atoms with E-state index in [2.05, 4.69) is 19.9 Å². The number of benzene rings is 2. The minimum absolute atomic E-state index is 0.165. The van der Waals surface area contributed by atoms with Gasteiger partial charge in [-0.05, 0) is 128 Å². The van der Waals surface area contributed by atoms with Crippen LogP contribution in [0.3, 0.4) is 0 Å². The highest BCUT2D eigenvalue weighted by Crippen LogP contribution is 2.34. The van der Waals surface area contributed by atoms with E-state index in [9.17, 15) is 19.2 Å². The van der Waals surface area contributed by atoms with Crippen molar-refractivity contribution in [2.45, 2.75) is 156 Å². The first-order valence-corrected chi connectivity index (χ1v) is 30.3. The summed E-state index contributed by atoms with van der Waals surface area (Å²) < 4.78 is 38.4. The van der Waals surface area contributed by atoms with Crippen molar-refractivity contribution in [1.29, 1.82) is 0 Å². The molecule has 22 nitrogen and oxygen atoms in total. The van der Waals surface area contributed by atoms with Gasteiger partial charge in [0.25, 0.3) is 11.1 Å². The maximum Gasteiger partial charge on any atom is 0.332 e. The second-order valence-corrected chi connectivity index (χ2v) is 23.0. The van der Waals surface area contributed by atoms with E-state index in [1.165, 1.54) is 34.4 Å². The smallest absolute Gasteiger partial charge is 0.332 e. The maximum absolute atomic E-state index is 14.1. The molecule has 0 amide bonds. The highest BCUT2D eigenvalue weighted by molar-refractivity contribution is 6.31. The first-order chi connectivity index (χ1) is 41.4. The lowest BCUT2D eigenvalue weighted by Crippen LogP contribution is -2.41. The average Bonchev–Trinajstić information content (AvgIpc) is 2.00. The van der Waals surface area contributed by atoms with Gasteiger partial charge in [0.1, 0.15) is 5.69 Å². The van der Waals surface area contributed by atoms with Crippen LogP contribution >= 0.6 is 11.6 Å². The number of halogens is 1. The fraction of sp³-hybridized carbons (Fsp3) is 0.516. The van der Waals surface area contributed by atoms with Crippen LogP contribution in [0.2, 0.25) is 5.15 Å². The Labute approximate surface area is 497 Å². The molecule has 2 aliphatic heterocycles. The molecule has 0 spiro atoms. The van der Waals surface area contributed by atoms with Crippen LogP contribution in [0.5, 0.6) is 5.88 Å². The van der Waals surface area contributed by atoms with Crippen LogP contribution in [0.25, 0.3) is 45.4 Å². The van der Waals surface area contributed by atoms with E-state index < -0.39 is 16.9 Å². The minimum atomic E-state index is -0.412. The van der Waals surface area contributed by atoms with Gasteiger partial charge in [0, 0.05) is 82.9 Å². The summed E-state index contributed by atoms with van der Waals surface area (Å²) in [6.45, 7) is 11.9. The van der Waals surface area contributed by atoms with E-state index in [0.717, 1.165) is 62.5 Å². The summed E-state index contributed by atoms with van der Waals surface area (Å²) in [7, 11) is 0. The number of ether oxygens (including phenoxy) is 5. The van der Waals surface area contributed by atoms with Crippen molar-refractivity contribution in [3.63, 3.8) is 0 Å². The van der Waals surface area contributed by atoms with Crippen LogP contribution in [-0.4, -0.2) is 115 Å². The second kappa shape index (κ2) is 28.8. The maximum atomic E-state index is 14.1. The van der Waals surface area contributed by atoms with Gasteiger partial charge in [-0.15, -0.1) is 0 Å². The zero-order valence-electron chi connectivity index (χ0n) is 49.0. The normalized spacial score (nSPS) is 17.0. The molecule has 23 heteroatoms. The molecule has 85 heavy (non-hydrogen) atoms. The molecule has 2 saturated carbocycles. The van der Waals surface area contributed by atoms with Gasteiger partial charge in [-0.25, -0.2) is 39.5 Å². The van der Waals surface area contributed by atoms with Crippen LogP contribution < -0.4 is 27.2 Å². The van der Waals surface area contributed by atoms with Gasteiger partial charge in [0.15, 0.2) is 57.4 Å². The molecule has 4 aliphatic rings. The molecule has 2 saturated heterocycles. The Morgan fingerprint density at radius 1 is 0.576 bits per heavy atom. The molecule has 8 aromatic rings. The quantitative estimate of drug-likeness (QED) is 0.0625. The van der Waals surface area contributed by atoms with Gasteiger partial charge >= 0.3 is 11.4 Å². The Morgan fingerprint density at radius 3 is 1.46 bits per heavy atom. The minimum Gasteiger partial charge on any atom is -0.476 e. The second-order valence-electron chi connectivity index (χ2n) is 22.6. The zero-order chi connectivity index (χ0) is 59.4. The predicted molar refractivity (Wildman–Crippen MR) is 322 cm³/mol. The third kappa shape index (κ3) is 14.9. The van der Waals surface area contributed by atoms with Crippen molar-refractivity contribution < 1.29 is 28.8 Å². The topological polar surface area (TPSA) is 242 Å². The summed E-state index contributed by atoms with van der Waals surface area (Å²) in [5.74, 6) is 2.40. The molecule has 0 radical (unpaired) electrons. The number of imidazole rings is 2. The summed E-state index contributed by atoms with van der Waals surface area (Å²) in [5, 5.41) is 8.37. The summed E-state index contributed by atoms with van der Waals surface area (Å²) in [6.07, 6.45) is 17.5. The molecular weight excluding hydrogens is 1110 g/mol. The zero-order valence-corrected chi connectivity index (χ0v) is 49.7. The summed E-state index contributed by atoms with van der Waals surface area (Å²) in [4.78, 5) is 82.7. The van der Waals surface area contributed by atoms with Crippen molar-refractivity contribution in [3.8, 4) is 28.9 Å². The first-order valence-electron chi connectivity index (χ1n) is 30.0. The molecule has 2 unspecified atom stereocenters. The molecule has 6 aromatic heterocycles. The fourth-order valence-corrected chi connectivity index (χ4v) is 10.6. The summed E-state index contributed by atoms with van der Waals surface area (Å²) in [5.41, 5.74) is 2.41. The SMILES string of the molecule is CC(C)n1c(=O)n(CCCOC2CCCCO2)c(=O)c2c1nc(-c1nccnc1Cl)n2Cc1ccccc1.CC(C)n1c(=O)n(CCCOC2CCCCO2)c(=O)c2c1nc(-c1nccnc1OCC1CC1)n2Cc1ccccc1.OCC1CC1. The van der Waals surface area contributed by atoms with Crippen molar-refractivity contribution in [2.75, 3.05) is 39.6 Å². The number of aliphatic hydroxyl groups is 1. The van der Waals surface area contributed by atoms with Crippen molar-refractivity contribution in [1.82, 2.24) is 57.3 Å². The van der Waals surface area contributed by atoms with Gasteiger partial charge in [-0.2, -0.15) is 0 Å². The number of hydrogen-bond acceptors (Lipinski definition) is 16. The van der Waals surface area contributed by atoms with Crippen LogP contribution in [0.1, 0.15) is 128 Å². The molecule has 4 fully saturated rings. The Hall–Kier alpha value is -7.21. The molecule has 452 valence electrons.